The van der Waals surface area contributed by atoms with E-state index in [2.05, 4.69) is 78.6 Å². The molecule has 0 saturated heterocycles. The molecule has 1 aromatic heterocycles. The van der Waals surface area contributed by atoms with Crippen LogP contribution in [0.15, 0.2) is 109 Å². The Hall–Kier alpha value is -5.10. The number of methoxy groups -OCH3 is 2. The topological polar surface area (TPSA) is 60.9 Å². The fourth-order valence-electron chi connectivity index (χ4n) is 5.97. The van der Waals surface area contributed by atoms with Gasteiger partial charge in [0.1, 0.15) is 0 Å². The zero-order valence-electron chi connectivity index (χ0n) is 26.0. The van der Waals surface area contributed by atoms with Gasteiger partial charge < -0.3 is 4.74 Å². The van der Waals surface area contributed by atoms with Crippen molar-refractivity contribution in [3.05, 3.63) is 120 Å². The molecule has 0 N–H and O–H groups in total. The van der Waals surface area contributed by atoms with Crippen molar-refractivity contribution in [2.75, 3.05) is 25.7 Å². The van der Waals surface area contributed by atoms with E-state index in [-0.39, 0.29) is 20.9 Å². The number of aryl methyl sites for hydroxylation is 1. The summed E-state index contributed by atoms with van der Waals surface area (Å²) in [6.07, 6.45) is 0. The Balaban J connectivity index is 1.53. The van der Waals surface area contributed by atoms with Gasteiger partial charge in [-0.1, -0.05) is 0 Å². The number of hydrogen-bond acceptors (Lipinski definition) is 6. The van der Waals surface area contributed by atoms with Crippen LogP contribution in [0.25, 0.3) is 33.3 Å². The summed E-state index contributed by atoms with van der Waals surface area (Å²) in [6, 6.07) is 37.2. The summed E-state index contributed by atoms with van der Waals surface area (Å²) in [5.41, 5.74) is 9.46. The van der Waals surface area contributed by atoms with Gasteiger partial charge in [-0.15, -0.1) is 0 Å². The molecule has 0 fully saturated rings. The Morgan fingerprint density at radius 2 is 1.37 bits per heavy atom. The van der Waals surface area contributed by atoms with Crippen molar-refractivity contribution in [2.45, 2.75) is 13.8 Å². The van der Waals surface area contributed by atoms with Gasteiger partial charge in [0.15, 0.2) is 0 Å². The van der Waals surface area contributed by atoms with Crippen LogP contribution in [0.1, 0.15) is 22.8 Å². The Labute approximate surface area is 274 Å². The van der Waals surface area contributed by atoms with Crippen LogP contribution in [-0.2, 0) is 4.74 Å². The summed E-state index contributed by atoms with van der Waals surface area (Å²) in [5, 5.41) is 1.05. The van der Waals surface area contributed by atoms with Gasteiger partial charge in [0.2, 0.25) is 0 Å². The summed E-state index contributed by atoms with van der Waals surface area (Å²) in [6.45, 7) is 4.26. The molecule has 5 aromatic carbocycles. The number of ether oxygens (including phenoxy) is 3. The summed E-state index contributed by atoms with van der Waals surface area (Å²) >= 11 is 0.186. The van der Waals surface area contributed by atoms with Crippen molar-refractivity contribution in [3.63, 3.8) is 0 Å². The average Bonchev–Trinajstić information content (AvgIpc) is 3.10. The number of esters is 1. The van der Waals surface area contributed by atoms with Crippen LogP contribution in [0.4, 0.5) is 17.1 Å². The monoisotopic (exact) mass is 672 g/mol. The van der Waals surface area contributed by atoms with Crippen molar-refractivity contribution in [2.24, 2.45) is 0 Å². The molecule has 7 rings (SSSR count). The van der Waals surface area contributed by atoms with Crippen molar-refractivity contribution in [1.82, 2.24) is 4.98 Å². The second-order valence-electron chi connectivity index (χ2n) is 11.0. The van der Waals surface area contributed by atoms with E-state index in [1.807, 2.05) is 30.3 Å². The molecule has 7 heteroatoms. The molecular formula is C39H32N2O4Se. The van der Waals surface area contributed by atoms with E-state index < -0.39 is 0 Å². The first-order chi connectivity index (χ1) is 22.5. The fraction of sp³-hybridized carbons (Fsp3) is 0.128. The van der Waals surface area contributed by atoms with E-state index in [0.29, 0.717) is 23.7 Å². The first kappa shape index (κ1) is 29.6. The number of fused-ring (bicyclic) bond motifs is 3. The third-order valence-corrected chi connectivity index (χ3v) is 10.5. The van der Waals surface area contributed by atoms with E-state index in [9.17, 15) is 4.79 Å². The van der Waals surface area contributed by atoms with E-state index in [0.717, 1.165) is 44.5 Å². The molecule has 0 aliphatic carbocycles. The van der Waals surface area contributed by atoms with Crippen LogP contribution in [-0.4, -0.2) is 46.7 Å². The molecule has 228 valence electrons. The van der Waals surface area contributed by atoms with E-state index in [4.69, 9.17) is 19.2 Å². The van der Waals surface area contributed by atoms with E-state index in [1.165, 1.54) is 20.3 Å². The van der Waals surface area contributed by atoms with Crippen molar-refractivity contribution >= 4 is 57.8 Å². The van der Waals surface area contributed by atoms with Crippen LogP contribution < -0.4 is 23.3 Å². The third kappa shape index (κ3) is 5.28. The van der Waals surface area contributed by atoms with Gasteiger partial charge in [-0.3, -0.25) is 0 Å². The van der Waals surface area contributed by atoms with Crippen molar-refractivity contribution < 1.29 is 19.0 Å². The molecule has 0 spiro atoms. The number of carbonyl (C=O) groups excluding carboxylic acids is 1. The quantitative estimate of drug-likeness (QED) is 0.129. The Kier molecular flexibility index (Phi) is 7.95. The Bertz CT molecular complexity index is 2040. The minimum atomic E-state index is -0.341. The van der Waals surface area contributed by atoms with Gasteiger partial charge in [-0.05, 0) is 6.92 Å². The predicted octanol–water partition coefficient (Wildman–Crippen LogP) is 7.51. The normalized spacial score (nSPS) is 12.0. The van der Waals surface area contributed by atoms with Gasteiger partial charge in [-0.2, -0.15) is 0 Å². The first-order valence-corrected chi connectivity index (χ1v) is 16.8. The maximum atomic E-state index is 12.4. The van der Waals surface area contributed by atoms with Crippen LogP contribution in [0, 0.1) is 6.92 Å². The zero-order valence-corrected chi connectivity index (χ0v) is 27.7. The third-order valence-electron chi connectivity index (χ3n) is 8.17. The van der Waals surface area contributed by atoms with Gasteiger partial charge >= 0.3 is 253 Å². The summed E-state index contributed by atoms with van der Waals surface area (Å²) in [4.78, 5) is 20.2. The van der Waals surface area contributed by atoms with Crippen LogP contribution in [0.3, 0.4) is 0 Å². The molecule has 0 amide bonds. The molecule has 1 aliphatic heterocycles. The van der Waals surface area contributed by atoms with Gasteiger partial charge in [-0.25, -0.2) is 4.79 Å². The number of rotatable bonds is 7. The fourth-order valence-corrected chi connectivity index (χ4v) is 8.19. The number of anilines is 3. The van der Waals surface area contributed by atoms with Crippen LogP contribution in [0.5, 0.6) is 11.5 Å². The molecule has 0 bridgehead atoms. The number of para-hydroxylation sites is 2. The molecule has 0 radical (unpaired) electrons. The zero-order chi connectivity index (χ0) is 31.8. The van der Waals surface area contributed by atoms with Gasteiger partial charge in [0, 0.05) is 0 Å². The number of nitrogens with zero attached hydrogens (tertiary/aromatic N) is 2. The standard InChI is InChI=1S/C39H32N2O4Se/c1-5-45-39(42)26-17-15-25(16-18-26)31-23-30(27-20-28(43-3)22-29(21-27)44-4)37-24(2)14-19-34(38(37)40-31)41-32-10-6-8-12-35(32)46-36-13-9-7-11-33(36)41/h6-23H,5H2,1-4H3. The van der Waals surface area contributed by atoms with E-state index >= 15 is 0 Å². The Morgan fingerprint density at radius 1 is 0.739 bits per heavy atom. The average molecular weight is 672 g/mol. The summed E-state index contributed by atoms with van der Waals surface area (Å²) in [7, 11) is 3.33. The molecule has 0 atom stereocenters. The number of hydrogen-bond donors (Lipinski definition) is 0. The van der Waals surface area contributed by atoms with Crippen LogP contribution in [0.2, 0.25) is 0 Å². The Morgan fingerprint density at radius 3 is 1.98 bits per heavy atom. The molecule has 6 nitrogen and oxygen atoms in total. The first-order valence-electron chi connectivity index (χ1n) is 15.1. The number of aromatic nitrogens is 1. The molecule has 0 saturated carbocycles. The summed E-state index contributed by atoms with van der Waals surface area (Å²) < 4.78 is 19.2. The minimum absolute atomic E-state index is 0.186. The number of pyridine rings is 1. The second kappa shape index (κ2) is 12.4. The van der Waals surface area contributed by atoms with Crippen LogP contribution >= 0.6 is 0 Å². The molecule has 1 aliphatic rings. The molecule has 2 heterocycles. The number of carbonyl (C=O) groups is 1. The summed E-state index contributed by atoms with van der Waals surface area (Å²) in [5.74, 6) is 1.07. The maximum absolute atomic E-state index is 12.4. The molecule has 0 unspecified atom stereocenters. The predicted molar refractivity (Wildman–Crippen MR) is 186 cm³/mol. The second-order valence-corrected chi connectivity index (χ2v) is 13.2. The molecule has 46 heavy (non-hydrogen) atoms. The van der Waals surface area contributed by atoms with Crippen molar-refractivity contribution in [3.8, 4) is 33.9 Å². The van der Waals surface area contributed by atoms with Crippen molar-refractivity contribution in [1.29, 1.82) is 0 Å². The SMILES string of the molecule is CCOC(=O)c1ccc(-c2cc(-c3cc(OC)cc(OC)c3)c3c(C)ccc(N4c5ccccc5[Se]c5ccccc54)c3n2)cc1. The van der Waals surface area contributed by atoms with E-state index in [1.54, 1.807) is 33.3 Å². The van der Waals surface area contributed by atoms with Gasteiger partial charge in [0.05, 0.1) is 6.61 Å². The van der Waals surface area contributed by atoms with Gasteiger partial charge in [0.25, 0.3) is 0 Å². The number of benzene rings is 5. The molecule has 6 aromatic rings. The molecular weight excluding hydrogens is 639 g/mol.